The predicted molar refractivity (Wildman–Crippen MR) is 76.9 cm³/mol. The summed E-state index contributed by atoms with van der Waals surface area (Å²) in [7, 11) is 0. The topological polar surface area (TPSA) is 92.2 Å². The minimum Gasteiger partial charge on any atom is -0.444 e. The van der Waals surface area contributed by atoms with Crippen LogP contribution >= 0.6 is 0 Å². The second kappa shape index (κ2) is 4.87. The normalized spacial score (nSPS) is 13.8. The van der Waals surface area contributed by atoms with Gasteiger partial charge in [-0.25, -0.2) is 4.79 Å². The fraction of sp³-hybridized carbons (Fsp3) is 0.462. The third-order valence-corrected chi connectivity index (χ3v) is 2.61. The monoisotopic (exact) mass is 264 g/mol. The summed E-state index contributed by atoms with van der Waals surface area (Å²) in [5, 5.41) is 6.72. The van der Waals surface area contributed by atoms with E-state index >= 15 is 0 Å². The lowest BCUT2D eigenvalue weighted by molar-refractivity contribution is 0.0600. The molecule has 0 atom stereocenters. The molecule has 0 aromatic carbocycles. The van der Waals surface area contributed by atoms with Crippen molar-refractivity contribution in [2.24, 2.45) is 5.73 Å². The number of carbonyl (C=O) groups excluding carboxylic acids is 1. The quantitative estimate of drug-likeness (QED) is 0.587. The number of hydrogen-bond donors (Lipinski definition) is 4. The van der Waals surface area contributed by atoms with Crippen LogP contribution < -0.4 is 16.4 Å². The van der Waals surface area contributed by atoms with Crippen LogP contribution in [0.5, 0.6) is 0 Å². The molecule has 0 radical (unpaired) electrons. The minimum atomic E-state index is -0.725. The predicted octanol–water partition coefficient (Wildman–Crippen LogP) is 2.32. The van der Waals surface area contributed by atoms with Gasteiger partial charge in [-0.2, -0.15) is 0 Å². The zero-order valence-corrected chi connectivity index (χ0v) is 11.5. The van der Waals surface area contributed by atoms with E-state index in [1.165, 1.54) is 22.4 Å². The maximum Gasteiger partial charge on any atom is 0.405 e. The van der Waals surface area contributed by atoms with Crippen LogP contribution in [0, 0.1) is 0 Å². The molecule has 0 saturated heterocycles. The van der Waals surface area contributed by atoms with Gasteiger partial charge < -0.3 is 26.1 Å². The van der Waals surface area contributed by atoms with Crippen molar-refractivity contribution in [3.63, 3.8) is 0 Å². The van der Waals surface area contributed by atoms with Crippen molar-refractivity contribution in [2.75, 3.05) is 23.7 Å². The number of nitrogens with one attached hydrogen (secondary N) is 3. The molecule has 19 heavy (non-hydrogen) atoms. The summed E-state index contributed by atoms with van der Waals surface area (Å²) < 4.78 is 4.58. The summed E-state index contributed by atoms with van der Waals surface area (Å²) in [5.74, 6) is 0. The Balaban J connectivity index is 0.000000151. The molecule has 2 aromatic rings. The largest absolute Gasteiger partial charge is 0.444 e. The number of amides is 1. The Labute approximate surface area is 112 Å². The number of hydrogen-bond acceptors (Lipinski definition) is 4. The minimum absolute atomic E-state index is 0.453. The molecule has 0 aliphatic carbocycles. The molecule has 5 N–H and O–H groups in total. The van der Waals surface area contributed by atoms with Crippen LogP contribution in [0.2, 0.25) is 0 Å². The van der Waals surface area contributed by atoms with Crippen molar-refractivity contribution in [2.45, 2.75) is 26.4 Å². The van der Waals surface area contributed by atoms with E-state index in [0.717, 1.165) is 13.1 Å². The number of fused-ring (bicyclic) bond motifs is 5. The number of carbonyl (C=O) groups is 1. The smallest absolute Gasteiger partial charge is 0.405 e. The molecule has 6 heteroatoms. The van der Waals surface area contributed by atoms with Crippen LogP contribution in [-0.2, 0) is 4.74 Å². The third kappa shape index (κ3) is 3.21. The Morgan fingerprint density at radius 3 is 1.95 bits per heavy atom. The molecule has 3 heterocycles. The van der Waals surface area contributed by atoms with Gasteiger partial charge in [0.2, 0.25) is 0 Å². The molecule has 104 valence electrons. The van der Waals surface area contributed by atoms with E-state index in [1.54, 1.807) is 20.8 Å². The van der Waals surface area contributed by atoms with Crippen molar-refractivity contribution in [1.82, 2.24) is 4.98 Å². The van der Waals surface area contributed by atoms with Crippen molar-refractivity contribution < 1.29 is 9.53 Å². The van der Waals surface area contributed by atoms with Gasteiger partial charge in [0, 0.05) is 13.1 Å². The van der Waals surface area contributed by atoms with Crippen molar-refractivity contribution in [1.29, 1.82) is 0 Å². The van der Waals surface area contributed by atoms with Crippen LogP contribution in [0.15, 0.2) is 12.1 Å². The van der Waals surface area contributed by atoms with E-state index in [1.807, 2.05) is 0 Å². The number of benzene rings is 1. The summed E-state index contributed by atoms with van der Waals surface area (Å²) in [6.07, 6.45) is -0.725. The summed E-state index contributed by atoms with van der Waals surface area (Å²) in [5.41, 5.74) is 9.17. The molecule has 0 spiro atoms. The maximum atomic E-state index is 10.0. The van der Waals surface area contributed by atoms with Crippen molar-refractivity contribution >= 4 is 28.5 Å². The summed E-state index contributed by atoms with van der Waals surface area (Å²) in [6, 6.07) is 4.21. The van der Waals surface area contributed by atoms with Gasteiger partial charge in [0.25, 0.3) is 0 Å². The molecule has 1 amide bonds. The van der Waals surface area contributed by atoms with Gasteiger partial charge in [0.1, 0.15) is 5.60 Å². The molecular weight excluding hydrogens is 244 g/mol. The van der Waals surface area contributed by atoms with Crippen LogP contribution in [0.3, 0.4) is 0 Å². The van der Waals surface area contributed by atoms with E-state index in [9.17, 15) is 4.79 Å². The van der Waals surface area contributed by atoms with Crippen molar-refractivity contribution in [3.05, 3.63) is 12.1 Å². The number of primary amides is 1. The molecule has 6 nitrogen and oxygen atoms in total. The fourth-order valence-electron chi connectivity index (χ4n) is 2.00. The molecule has 2 bridgehead atoms. The third-order valence-electron chi connectivity index (χ3n) is 2.61. The average Bonchev–Trinajstić information content (AvgIpc) is 2.87. The highest BCUT2D eigenvalue weighted by Gasteiger charge is 2.15. The van der Waals surface area contributed by atoms with Gasteiger partial charge >= 0.3 is 6.09 Å². The van der Waals surface area contributed by atoms with Gasteiger partial charge in [0.15, 0.2) is 0 Å². The molecule has 0 saturated carbocycles. The molecule has 2 aromatic heterocycles. The van der Waals surface area contributed by atoms with Gasteiger partial charge in [0.05, 0.1) is 22.4 Å². The standard InChI is InChI=1S/C8H9N3.C5H11NO2/c1-2-6-8-7(5(1)11-6)9-3-4-10-8;1-5(2,3)8-4(6)7/h1-2,9-11H,3-4H2;1-3H3,(H2,6,7). The van der Waals surface area contributed by atoms with E-state index in [0.29, 0.717) is 0 Å². The first-order chi connectivity index (χ1) is 8.87. The number of H-pyrrole nitrogens is 1. The van der Waals surface area contributed by atoms with Crippen LogP contribution in [0.4, 0.5) is 16.2 Å². The molecule has 3 rings (SSSR count). The molecular formula is C13H20N4O2. The first-order valence-corrected chi connectivity index (χ1v) is 6.27. The van der Waals surface area contributed by atoms with Crippen LogP contribution in [0.25, 0.3) is 11.0 Å². The number of aromatic nitrogens is 1. The highest BCUT2D eigenvalue weighted by Crippen LogP contribution is 2.36. The Kier molecular flexibility index (Phi) is 3.42. The van der Waals surface area contributed by atoms with E-state index < -0.39 is 11.7 Å². The van der Waals surface area contributed by atoms with E-state index in [2.05, 4.69) is 32.5 Å². The second-order valence-electron chi connectivity index (χ2n) is 5.42. The summed E-state index contributed by atoms with van der Waals surface area (Å²) >= 11 is 0. The molecule has 0 unspecified atom stereocenters. The number of nitrogens with two attached hydrogens (primary N) is 1. The van der Waals surface area contributed by atoms with Gasteiger partial charge in [-0.3, -0.25) is 0 Å². The Bertz CT molecular complexity index is 521. The van der Waals surface area contributed by atoms with Crippen LogP contribution in [0.1, 0.15) is 20.8 Å². The van der Waals surface area contributed by atoms with Gasteiger partial charge in [-0.05, 0) is 32.9 Å². The van der Waals surface area contributed by atoms with Gasteiger partial charge in [-0.15, -0.1) is 0 Å². The molecule has 0 fully saturated rings. The number of aromatic amines is 1. The zero-order valence-electron chi connectivity index (χ0n) is 11.5. The molecule has 1 aliphatic heterocycles. The summed E-state index contributed by atoms with van der Waals surface area (Å²) in [6.45, 7) is 7.32. The zero-order chi connectivity index (χ0) is 14.0. The first kappa shape index (κ1) is 13.3. The van der Waals surface area contributed by atoms with E-state index in [4.69, 9.17) is 5.73 Å². The van der Waals surface area contributed by atoms with E-state index in [-0.39, 0.29) is 0 Å². The Morgan fingerprint density at radius 2 is 1.63 bits per heavy atom. The number of rotatable bonds is 0. The second-order valence-corrected chi connectivity index (χ2v) is 5.42. The maximum absolute atomic E-state index is 10.0. The highest BCUT2D eigenvalue weighted by molar-refractivity contribution is 6.00. The van der Waals surface area contributed by atoms with Crippen LogP contribution in [-0.4, -0.2) is 29.8 Å². The Morgan fingerprint density at radius 1 is 1.16 bits per heavy atom. The van der Waals surface area contributed by atoms with Crippen molar-refractivity contribution in [3.8, 4) is 0 Å². The first-order valence-electron chi connectivity index (χ1n) is 6.27. The average molecular weight is 264 g/mol. The number of ether oxygens (including phenoxy) is 1. The molecule has 1 aliphatic rings. The Hall–Kier alpha value is -2.11. The number of anilines is 2. The summed E-state index contributed by atoms with van der Waals surface area (Å²) in [4.78, 5) is 13.3. The highest BCUT2D eigenvalue weighted by atomic mass is 16.6. The lowest BCUT2D eigenvalue weighted by Crippen LogP contribution is -2.27. The SMILES string of the molecule is CC(C)(C)OC(N)=O.c1cc2[nH]c1c1c2NCCN1. The lowest BCUT2D eigenvalue weighted by atomic mass is 10.2. The van der Waals surface area contributed by atoms with Gasteiger partial charge in [-0.1, -0.05) is 0 Å². The lowest BCUT2D eigenvalue weighted by Gasteiger charge is -2.17. The fourth-order valence-corrected chi connectivity index (χ4v) is 2.00.